The Balaban J connectivity index is 1.94. The third-order valence-corrected chi connectivity index (χ3v) is 6.26. The van der Waals surface area contributed by atoms with E-state index in [-0.39, 0.29) is 5.75 Å². The van der Waals surface area contributed by atoms with E-state index in [9.17, 15) is 13.2 Å². The van der Waals surface area contributed by atoms with Crippen molar-refractivity contribution >= 4 is 21.0 Å². The Hall–Kier alpha value is -3.59. The summed E-state index contributed by atoms with van der Waals surface area (Å²) < 4.78 is 37.2. The molecule has 0 saturated carbocycles. The fourth-order valence-corrected chi connectivity index (χ4v) is 4.86. The number of nitrogens with one attached hydrogen (secondary N) is 1. The topological polar surface area (TPSA) is 103 Å². The molecule has 0 radical (unpaired) electrons. The Kier molecular flexibility index (Phi) is 6.24. The third kappa shape index (κ3) is 4.63. The van der Waals surface area contributed by atoms with Crippen LogP contribution in [0.25, 0.3) is 22.3 Å². The van der Waals surface area contributed by atoms with E-state index < -0.39 is 21.6 Å². The SMILES string of the molecule is CCOc1cc([C@@H](CS(C)(=O)=O)n2c(=O)[nH]c3c(-c4ccccc4)ccnc32)ccc1OC. The molecule has 33 heavy (non-hydrogen) atoms. The lowest BCUT2D eigenvalue weighted by molar-refractivity contribution is 0.310. The summed E-state index contributed by atoms with van der Waals surface area (Å²) in [7, 11) is -1.93. The van der Waals surface area contributed by atoms with Crippen LogP contribution in [0.2, 0.25) is 0 Å². The monoisotopic (exact) mass is 467 g/mol. The molecule has 1 N–H and O–H groups in total. The molecule has 0 spiro atoms. The zero-order chi connectivity index (χ0) is 23.6. The van der Waals surface area contributed by atoms with Gasteiger partial charge < -0.3 is 14.5 Å². The number of H-pyrrole nitrogens is 1. The minimum atomic E-state index is -3.46. The number of benzene rings is 2. The summed E-state index contributed by atoms with van der Waals surface area (Å²) in [6.07, 6.45) is 2.77. The van der Waals surface area contributed by atoms with Gasteiger partial charge in [0.2, 0.25) is 0 Å². The second-order valence-corrected chi connectivity index (χ2v) is 9.86. The predicted molar refractivity (Wildman–Crippen MR) is 128 cm³/mol. The highest BCUT2D eigenvalue weighted by atomic mass is 32.2. The molecule has 4 aromatic rings. The van der Waals surface area contributed by atoms with Crippen molar-refractivity contribution in [2.24, 2.45) is 0 Å². The Bertz CT molecular complexity index is 1440. The highest BCUT2D eigenvalue weighted by Gasteiger charge is 2.26. The van der Waals surface area contributed by atoms with Crippen molar-refractivity contribution in [1.29, 1.82) is 0 Å². The van der Waals surface area contributed by atoms with Gasteiger partial charge in [-0.3, -0.25) is 4.57 Å². The lowest BCUT2D eigenvalue weighted by atomic mass is 10.1. The Labute approximate surface area is 191 Å². The summed E-state index contributed by atoms with van der Waals surface area (Å²) in [4.78, 5) is 20.5. The van der Waals surface area contributed by atoms with Crippen molar-refractivity contribution in [1.82, 2.24) is 14.5 Å². The first-order chi connectivity index (χ1) is 15.8. The van der Waals surface area contributed by atoms with Crippen LogP contribution in [0, 0.1) is 0 Å². The van der Waals surface area contributed by atoms with E-state index in [4.69, 9.17) is 9.47 Å². The summed E-state index contributed by atoms with van der Waals surface area (Å²) in [6, 6.07) is 15.8. The summed E-state index contributed by atoms with van der Waals surface area (Å²) in [5.74, 6) is 0.714. The van der Waals surface area contributed by atoms with Gasteiger partial charge in [0.15, 0.2) is 17.1 Å². The molecule has 0 unspecified atom stereocenters. The Morgan fingerprint density at radius 3 is 2.52 bits per heavy atom. The quantitative estimate of drug-likeness (QED) is 0.426. The van der Waals surface area contributed by atoms with E-state index in [0.717, 1.165) is 17.4 Å². The maximum atomic E-state index is 13.2. The maximum Gasteiger partial charge on any atom is 0.328 e. The first-order valence-corrected chi connectivity index (χ1v) is 12.5. The zero-order valence-electron chi connectivity index (χ0n) is 18.6. The van der Waals surface area contributed by atoms with Gasteiger partial charge in [-0.05, 0) is 36.2 Å². The third-order valence-electron chi connectivity index (χ3n) is 5.34. The number of methoxy groups -OCH3 is 1. The number of fused-ring (bicyclic) bond motifs is 1. The van der Waals surface area contributed by atoms with Crippen molar-refractivity contribution in [3.8, 4) is 22.6 Å². The number of pyridine rings is 1. The number of hydrogen-bond donors (Lipinski definition) is 1. The summed E-state index contributed by atoms with van der Waals surface area (Å²) in [6.45, 7) is 2.25. The van der Waals surface area contributed by atoms with Crippen LogP contribution in [0.4, 0.5) is 0 Å². The molecule has 1 atom stereocenters. The van der Waals surface area contributed by atoms with Crippen molar-refractivity contribution < 1.29 is 17.9 Å². The van der Waals surface area contributed by atoms with Gasteiger partial charge in [-0.1, -0.05) is 36.4 Å². The van der Waals surface area contributed by atoms with Crippen LogP contribution in [0.5, 0.6) is 11.5 Å². The zero-order valence-corrected chi connectivity index (χ0v) is 19.4. The fraction of sp³-hybridized carbons (Fsp3) is 0.250. The molecule has 0 saturated heterocycles. The molecular weight excluding hydrogens is 442 g/mol. The van der Waals surface area contributed by atoms with E-state index in [2.05, 4.69) is 9.97 Å². The lowest BCUT2D eigenvalue weighted by Gasteiger charge is -2.20. The standard InChI is InChI=1S/C24H25N3O5S/c1-4-32-21-14-17(10-11-20(21)31-2)19(15-33(3,29)30)27-23-22(26-24(27)28)18(12-13-25-23)16-8-6-5-7-9-16/h5-14,19H,4,15H2,1-3H3,(H,26,28)/t19-/m1/s1. The summed E-state index contributed by atoms with van der Waals surface area (Å²) >= 11 is 0. The van der Waals surface area contributed by atoms with E-state index in [0.29, 0.717) is 34.8 Å². The second-order valence-electron chi connectivity index (χ2n) is 7.67. The average Bonchev–Trinajstić information content (AvgIpc) is 3.13. The van der Waals surface area contributed by atoms with E-state index in [1.54, 1.807) is 24.4 Å². The molecule has 2 aromatic heterocycles. The highest BCUT2D eigenvalue weighted by Crippen LogP contribution is 2.33. The van der Waals surface area contributed by atoms with Crippen molar-refractivity contribution in [3.05, 3.63) is 76.8 Å². The van der Waals surface area contributed by atoms with Gasteiger partial charge in [0.25, 0.3) is 0 Å². The molecule has 0 amide bonds. The highest BCUT2D eigenvalue weighted by molar-refractivity contribution is 7.90. The number of imidazole rings is 1. The molecule has 8 nitrogen and oxygen atoms in total. The molecule has 0 aliphatic carbocycles. The van der Waals surface area contributed by atoms with Crippen molar-refractivity contribution in [2.45, 2.75) is 13.0 Å². The van der Waals surface area contributed by atoms with Gasteiger partial charge in [0.1, 0.15) is 9.84 Å². The van der Waals surface area contributed by atoms with E-state index in [1.807, 2.05) is 43.3 Å². The van der Waals surface area contributed by atoms with Gasteiger partial charge >= 0.3 is 5.69 Å². The maximum absolute atomic E-state index is 13.2. The first-order valence-electron chi connectivity index (χ1n) is 10.5. The lowest BCUT2D eigenvalue weighted by Crippen LogP contribution is -2.28. The Morgan fingerprint density at radius 1 is 1.09 bits per heavy atom. The van der Waals surface area contributed by atoms with Crippen molar-refractivity contribution in [3.63, 3.8) is 0 Å². The first kappa shape index (κ1) is 22.6. The Morgan fingerprint density at radius 2 is 1.85 bits per heavy atom. The van der Waals surface area contributed by atoms with E-state index in [1.165, 1.54) is 11.7 Å². The van der Waals surface area contributed by atoms with Crippen LogP contribution in [0.15, 0.2) is 65.6 Å². The molecular formula is C24H25N3O5S. The van der Waals surface area contributed by atoms with Crippen molar-refractivity contribution in [2.75, 3.05) is 25.7 Å². The molecule has 172 valence electrons. The number of nitrogens with zero attached hydrogens (tertiary/aromatic N) is 2. The largest absolute Gasteiger partial charge is 0.493 e. The summed E-state index contributed by atoms with van der Waals surface area (Å²) in [5.41, 5.74) is 2.80. The van der Waals surface area contributed by atoms with Crippen LogP contribution < -0.4 is 15.2 Å². The minimum Gasteiger partial charge on any atom is -0.493 e. The van der Waals surface area contributed by atoms with Crippen LogP contribution in [0.3, 0.4) is 0 Å². The molecule has 0 bridgehead atoms. The van der Waals surface area contributed by atoms with Gasteiger partial charge in [-0.25, -0.2) is 18.2 Å². The molecule has 2 aromatic carbocycles. The van der Waals surface area contributed by atoms with Crippen LogP contribution in [0.1, 0.15) is 18.5 Å². The van der Waals surface area contributed by atoms with Crippen LogP contribution in [-0.2, 0) is 9.84 Å². The normalized spacial score (nSPS) is 12.6. The fourth-order valence-electron chi connectivity index (χ4n) is 3.94. The molecule has 0 fully saturated rings. The van der Waals surface area contributed by atoms with E-state index >= 15 is 0 Å². The molecule has 0 aliphatic heterocycles. The number of rotatable bonds is 8. The molecule has 9 heteroatoms. The molecule has 0 aliphatic rings. The minimum absolute atomic E-state index is 0.283. The van der Waals surface area contributed by atoms with Gasteiger partial charge in [0.05, 0.1) is 31.0 Å². The number of ether oxygens (including phenoxy) is 2. The van der Waals surface area contributed by atoms with Gasteiger partial charge in [-0.2, -0.15) is 0 Å². The number of sulfone groups is 1. The predicted octanol–water partition coefficient (Wildman–Crippen LogP) is 3.43. The second kappa shape index (κ2) is 9.11. The smallest absolute Gasteiger partial charge is 0.328 e. The average molecular weight is 468 g/mol. The molecule has 4 rings (SSSR count). The number of hydrogen-bond acceptors (Lipinski definition) is 6. The summed E-state index contributed by atoms with van der Waals surface area (Å²) in [5, 5.41) is 0. The van der Waals surface area contributed by atoms with Gasteiger partial charge in [0, 0.05) is 18.0 Å². The van der Waals surface area contributed by atoms with Crippen LogP contribution >= 0.6 is 0 Å². The number of aromatic nitrogens is 3. The van der Waals surface area contributed by atoms with Gasteiger partial charge in [-0.15, -0.1) is 0 Å². The van der Waals surface area contributed by atoms with Crippen LogP contribution in [-0.4, -0.2) is 48.7 Å². The molecule has 2 heterocycles. The number of aromatic amines is 1.